The van der Waals surface area contributed by atoms with Gasteiger partial charge in [0.05, 0.1) is 6.61 Å². The van der Waals surface area contributed by atoms with Crippen molar-refractivity contribution < 1.29 is 18.3 Å². The maximum Gasteiger partial charge on any atom is 0.163 e. The lowest BCUT2D eigenvalue weighted by atomic mass is 10.0. The highest BCUT2D eigenvalue weighted by atomic mass is 19.2. The summed E-state index contributed by atoms with van der Waals surface area (Å²) in [5.74, 6) is -1.62. The molecule has 1 heterocycles. The Bertz CT molecular complexity index is 433. The van der Waals surface area contributed by atoms with Gasteiger partial charge < -0.3 is 14.8 Å². The molecule has 0 radical (unpaired) electrons. The minimum absolute atomic E-state index is 0.289. The maximum absolute atomic E-state index is 13.7. The second kappa shape index (κ2) is 5.94. The van der Waals surface area contributed by atoms with E-state index < -0.39 is 11.6 Å². The van der Waals surface area contributed by atoms with Crippen LogP contribution in [0.2, 0.25) is 0 Å². The highest BCUT2D eigenvalue weighted by Gasteiger charge is 2.35. The molecule has 3 nitrogen and oxygen atoms in total. The predicted octanol–water partition coefficient (Wildman–Crippen LogP) is 2.42. The molecule has 1 N–H and O–H groups in total. The lowest BCUT2D eigenvalue weighted by Crippen LogP contribution is -2.43. The van der Waals surface area contributed by atoms with Crippen LogP contribution in [0.3, 0.4) is 0 Å². The zero-order chi connectivity index (χ0) is 13.9. The molecule has 0 bridgehead atoms. The summed E-state index contributed by atoms with van der Waals surface area (Å²) in [6.07, 6.45) is 0.800. The van der Waals surface area contributed by atoms with Crippen molar-refractivity contribution in [3.05, 3.63) is 35.4 Å². The van der Waals surface area contributed by atoms with Gasteiger partial charge in [0.2, 0.25) is 0 Å². The minimum atomic E-state index is -0.822. The normalized spacial score (nSPS) is 24.6. The van der Waals surface area contributed by atoms with Gasteiger partial charge in [0.15, 0.2) is 11.6 Å². The first-order chi connectivity index (χ1) is 9.08. The number of hydrogen-bond donors (Lipinski definition) is 1. The maximum atomic E-state index is 13.7. The standard InChI is InChI=1S/C14H19F2NO2/c1-10(11-4-3-5-12(15)13(11)16)17-8-14(18-2)6-7-19-9-14/h3-5,10,17H,6-9H2,1-2H3. The zero-order valence-corrected chi connectivity index (χ0v) is 11.2. The fraction of sp³-hybridized carbons (Fsp3) is 0.571. The monoisotopic (exact) mass is 271 g/mol. The van der Waals surface area contributed by atoms with Gasteiger partial charge in [-0.1, -0.05) is 12.1 Å². The molecule has 1 aliphatic rings. The van der Waals surface area contributed by atoms with Crippen LogP contribution in [0.25, 0.3) is 0 Å². The molecule has 19 heavy (non-hydrogen) atoms. The Labute approximate surface area is 111 Å². The summed E-state index contributed by atoms with van der Waals surface area (Å²) >= 11 is 0. The SMILES string of the molecule is COC1(CNC(C)c2cccc(F)c2F)CCOC1. The zero-order valence-electron chi connectivity index (χ0n) is 11.2. The van der Waals surface area contributed by atoms with Crippen LogP contribution in [0.1, 0.15) is 24.9 Å². The van der Waals surface area contributed by atoms with Crippen LogP contribution in [-0.2, 0) is 9.47 Å². The summed E-state index contributed by atoms with van der Waals surface area (Å²) in [6.45, 7) is 3.53. The van der Waals surface area contributed by atoms with E-state index in [9.17, 15) is 8.78 Å². The molecule has 1 aromatic carbocycles. The lowest BCUT2D eigenvalue weighted by Gasteiger charge is -2.28. The molecule has 1 fully saturated rings. The van der Waals surface area contributed by atoms with Crippen molar-refractivity contribution in [1.82, 2.24) is 5.32 Å². The quantitative estimate of drug-likeness (QED) is 0.892. The average Bonchev–Trinajstić information content (AvgIpc) is 2.89. The third-order valence-corrected chi connectivity index (χ3v) is 3.68. The van der Waals surface area contributed by atoms with Crippen molar-refractivity contribution >= 4 is 0 Å². The molecule has 0 aliphatic carbocycles. The first kappa shape index (κ1) is 14.4. The lowest BCUT2D eigenvalue weighted by molar-refractivity contribution is -0.0172. The van der Waals surface area contributed by atoms with Crippen LogP contribution < -0.4 is 5.32 Å². The van der Waals surface area contributed by atoms with Gasteiger partial charge in [-0.05, 0) is 13.0 Å². The van der Waals surface area contributed by atoms with Crippen LogP contribution in [0.4, 0.5) is 8.78 Å². The van der Waals surface area contributed by atoms with Crippen molar-refractivity contribution in [3.8, 4) is 0 Å². The van der Waals surface area contributed by atoms with E-state index in [0.29, 0.717) is 25.3 Å². The Hall–Kier alpha value is -1.04. The number of methoxy groups -OCH3 is 1. The minimum Gasteiger partial charge on any atom is -0.378 e. The molecule has 5 heteroatoms. The van der Waals surface area contributed by atoms with Gasteiger partial charge in [0.1, 0.15) is 5.60 Å². The topological polar surface area (TPSA) is 30.5 Å². The fourth-order valence-electron chi connectivity index (χ4n) is 2.27. The number of hydrogen-bond acceptors (Lipinski definition) is 3. The van der Waals surface area contributed by atoms with Crippen LogP contribution in [0, 0.1) is 11.6 Å². The number of rotatable bonds is 5. The van der Waals surface area contributed by atoms with E-state index in [1.807, 2.05) is 0 Å². The number of halogens is 2. The highest BCUT2D eigenvalue weighted by molar-refractivity contribution is 5.22. The van der Waals surface area contributed by atoms with Crippen molar-refractivity contribution in [2.24, 2.45) is 0 Å². The van der Waals surface area contributed by atoms with Crippen LogP contribution in [0.5, 0.6) is 0 Å². The van der Waals surface area contributed by atoms with Crippen LogP contribution in [0.15, 0.2) is 18.2 Å². The van der Waals surface area contributed by atoms with E-state index >= 15 is 0 Å². The third kappa shape index (κ3) is 3.11. The molecule has 1 aliphatic heterocycles. The largest absolute Gasteiger partial charge is 0.378 e. The Morgan fingerprint density at radius 2 is 2.26 bits per heavy atom. The summed E-state index contributed by atoms with van der Waals surface area (Å²) in [5.41, 5.74) is -0.0388. The number of benzene rings is 1. The molecule has 2 rings (SSSR count). The van der Waals surface area contributed by atoms with Crippen molar-refractivity contribution in [2.45, 2.75) is 25.0 Å². The average molecular weight is 271 g/mol. The molecule has 0 spiro atoms. The molecule has 1 aromatic rings. The van der Waals surface area contributed by atoms with Gasteiger partial charge in [0, 0.05) is 38.3 Å². The van der Waals surface area contributed by atoms with E-state index in [1.165, 1.54) is 6.07 Å². The van der Waals surface area contributed by atoms with Gasteiger partial charge in [-0.2, -0.15) is 0 Å². The van der Waals surface area contributed by atoms with E-state index in [-0.39, 0.29) is 11.6 Å². The van der Waals surface area contributed by atoms with Crippen LogP contribution >= 0.6 is 0 Å². The molecule has 0 amide bonds. The smallest absolute Gasteiger partial charge is 0.163 e. The fourth-order valence-corrected chi connectivity index (χ4v) is 2.27. The second-order valence-corrected chi connectivity index (χ2v) is 4.94. The van der Waals surface area contributed by atoms with Crippen molar-refractivity contribution in [3.63, 3.8) is 0 Å². The van der Waals surface area contributed by atoms with E-state index in [4.69, 9.17) is 9.47 Å². The van der Waals surface area contributed by atoms with Gasteiger partial charge >= 0.3 is 0 Å². The molecule has 0 saturated carbocycles. The second-order valence-electron chi connectivity index (χ2n) is 4.94. The number of nitrogens with one attached hydrogen (secondary N) is 1. The molecular weight excluding hydrogens is 252 g/mol. The molecule has 1 saturated heterocycles. The highest BCUT2D eigenvalue weighted by Crippen LogP contribution is 2.24. The Kier molecular flexibility index (Phi) is 4.50. The summed E-state index contributed by atoms with van der Waals surface area (Å²) in [7, 11) is 1.64. The van der Waals surface area contributed by atoms with Crippen molar-refractivity contribution in [2.75, 3.05) is 26.9 Å². The van der Waals surface area contributed by atoms with Gasteiger partial charge in [-0.3, -0.25) is 0 Å². The first-order valence-electron chi connectivity index (χ1n) is 6.38. The Morgan fingerprint density at radius 1 is 1.47 bits per heavy atom. The summed E-state index contributed by atoms with van der Waals surface area (Å²) < 4.78 is 37.7. The summed E-state index contributed by atoms with van der Waals surface area (Å²) in [6, 6.07) is 3.92. The van der Waals surface area contributed by atoms with Crippen molar-refractivity contribution in [1.29, 1.82) is 0 Å². The molecular formula is C14H19F2NO2. The molecule has 0 aromatic heterocycles. The Balaban J connectivity index is 2.01. The molecule has 106 valence electrons. The molecule has 2 atom stereocenters. The van der Waals surface area contributed by atoms with Gasteiger partial charge in [-0.15, -0.1) is 0 Å². The van der Waals surface area contributed by atoms with Gasteiger partial charge in [-0.25, -0.2) is 8.78 Å². The van der Waals surface area contributed by atoms with E-state index in [1.54, 1.807) is 20.1 Å². The first-order valence-corrected chi connectivity index (χ1v) is 6.38. The Morgan fingerprint density at radius 3 is 2.89 bits per heavy atom. The summed E-state index contributed by atoms with van der Waals surface area (Å²) in [4.78, 5) is 0. The molecule has 2 unspecified atom stereocenters. The van der Waals surface area contributed by atoms with E-state index in [2.05, 4.69) is 5.32 Å². The van der Waals surface area contributed by atoms with E-state index in [0.717, 1.165) is 12.5 Å². The number of ether oxygens (including phenoxy) is 2. The summed E-state index contributed by atoms with van der Waals surface area (Å²) in [5, 5.41) is 3.19. The van der Waals surface area contributed by atoms with Gasteiger partial charge in [0.25, 0.3) is 0 Å². The predicted molar refractivity (Wildman–Crippen MR) is 68.0 cm³/mol. The third-order valence-electron chi connectivity index (χ3n) is 3.68. The van der Waals surface area contributed by atoms with Crippen LogP contribution in [-0.4, -0.2) is 32.5 Å².